The summed E-state index contributed by atoms with van der Waals surface area (Å²) in [6, 6.07) is 21.3. The van der Waals surface area contributed by atoms with E-state index < -0.39 is 0 Å². The molecule has 0 spiro atoms. The van der Waals surface area contributed by atoms with E-state index in [9.17, 15) is 4.79 Å². The zero-order chi connectivity index (χ0) is 15.4. The van der Waals surface area contributed by atoms with Gasteiger partial charge in [-0.3, -0.25) is 0 Å². The number of hydrogen-bond acceptors (Lipinski definition) is 3. The first-order valence-corrected chi connectivity index (χ1v) is 7.05. The number of ether oxygens (including phenoxy) is 2. The van der Waals surface area contributed by atoms with Gasteiger partial charge in [-0.05, 0) is 40.6 Å². The smallest absolute Gasteiger partial charge is 0.337 e. The Balaban J connectivity index is 1.83. The first-order valence-electron chi connectivity index (χ1n) is 7.05. The summed E-state index contributed by atoms with van der Waals surface area (Å²) in [7, 11) is 1.38. The summed E-state index contributed by atoms with van der Waals surface area (Å²) in [4.78, 5) is 11.6. The molecule has 3 nitrogen and oxygen atoms in total. The number of esters is 1. The lowest BCUT2D eigenvalue weighted by molar-refractivity contribution is 0.0601. The van der Waals surface area contributed by atoms with E-state index in [0.717, 1.165) is 22.1 Å². The van der Waals surface area contributed by atoms with E-state index in [-0.39, 0.29) is 5.97 Å². The van der Waals surface area contributed by atoms with E-state index >= 15 is 0 Å². The number of carbonyl (C=O) groups excluding carboxylic acids is 1. The number of hydrogen-bond donors (Lipinski definition) is 0. The molecule has 0 aliphatic carbocycles. The minimum Gasteiger partial charge on any atom is -0.489 e. The van der Waals surface area contributed by atoms with Crippen molar-refractivity contribution in [1.29, 1.82) is 0 Å². The highest BCUT2D eigenvalue weighted by atomic mass is 16.5. The van der Waals surface area contributed by atoms with E-state index in [2.05, 4.69) is 0 Å². The summed E-state index contributed by atoms with van der Waals surface area (Å²) in [5, 5.41) is 2.01. The predicted molar refractivity (Wildman–Crippen MR) is 86.1 cm³/mol. The quantitative estimate of drug-likeness (QED) is 0.676. The molecule has 0 unspecified atom stereocenters. The van der Waals surface area contributed by atoms with E-state index in [1.165, 1.54) is 7.11 Å². The van der Waals surface area contributed by atoms with Crippen molar-refractivity contribution in [3.8, 4) is 5.75 Å². The fourth-order valence-electron chi connectivity index (χ4n) is 2.30. The van der Waals surface area contributed by atoms with E-state index in [4.69, 9.17) is 9.47 Å². The molecule has 0 saturated carbocycles. The number of carbonyl (C=O) groups is 1. The SMILES string of the molecule is COC(=O)c1ccc2ccc(OCc3ccccc3)cc2c1. The lowest BCUT2D eigenvalue weighted by atomic mass is 10.1. The first-order chi connectivity index (χ1) is 10.8. The van der Waals surface area contributed by atoms with Gasteiger partial charge >= 0.3 is 5.97 Å². The Morgan fingerprint density at radius 1 is 0.909 bits per heavy atom. The van der Waals surface area contributed by atoms with Gasteiger partial charge in [0.05, 0.1) is 12.7 Å². The van der Waals surface area contributed by atoms with Crippen LogP contribution in [0.25, 0.3) is 10.8 Å². The van der Waals surface area contributed by atoms with Gasteiger partial charge in [-0.1, -0.05) is 42.5 Å². The van der Waals surface area contributed by atoms with Crippen molar-refractivity contribution in [2.24, 2.45) is 0 Å². The maximum absolute atomic E-state index is 11.6. The largest absolute Gasteiger partial charge is 0.489 e. The third-order valence-corrected chi connectivity index (χ3v) is 3.48. The van der Waals surface area contributed by atoms with Crippen LogP contribution in [0.15, 0.2) is 66.7 Å². The van der Waals surface area contributed by atoms with Gasteiger partial charge in [0.1, 0.15) is 12.4 Å². The standard InChI is InChI=1S/C19H16O3/c1-21-19(20)16-8-7-15-9-10-18(12-17(15)11-16)22-13-14-5-3-2-4-6-14/h2-12H,13H2,1H3. The zero-order valence-corrected chi connectivity index (χ0v) is 12.3. The molecule has 22 heavy (non-hydrogen) atoms. The Morgan fingerprint density at radius 3 is 2.45 bits per heavy atom. The molecular weight excluding hydrogens is 276 g/mol. The fraction of sp³-hybridized carbons (Fsp3) is 0.105. The van der Waals surface area contributed by atoms with Crippen LogP contribution in [-0.4, -0.2) is 13.1 Å². The maximum atomic E-state index is 11.6. The van der Waals surface area contributed by atoms with Gasteiger partial charge in [0, 0.05) is 0 Å². The molecule has 3 aromatic rings. The van der Waals surface area contributed by atoms with E-state index in [1.54, 1.807) is 6.07 Å². The number of fused-ring (bicyclic) bond motifs is 1. The van der Waals surface area contributed by atoms with Crippen molar-refractivity contribution in [3.63, 3.8) is 0 Å². The van der Waals surface area contributed by atoms with Crippen molar-refractivity contribution in [1.82, 2.24) is 0 Å². The Bertz CT molecular complexity index is 794. The molecule has 0 radical (unpaired) electrons. The summed E-state index contributed by atoms with van der Waals surface area (Å²) >= 11 is 0. The van der Waals surface area contributed by atoms with Crippen LogP contribution in [0, 0.1) is 0 Å². The lowest BCUT2D eigenvalue weighted by Crippen LogP contribution is -2.00. The van der Waals surface area contributed by atoms with Crippen LogP contribution < -0.4 is 4.74 Å². The van der Waals surface area contributed by atoms with Crippen molar-refractivity contribution >= 4 is 16.7 Å². The summed E-state index contributed by atoms with van der Waals surface area (Å²) in [5.74, 6) is 0.441. The van der Waals surface area contributed by atoms with Gasteiger partial charge in [0.2, 0.25) is 0 Å². The summed E-state index contributed by atoms with van der Waals surface area (Å²) in [6.07, 6.45) is 0. The molecule has 3 aromatic carbocycles. The molecule has 0 fully saturated rings. The van der Waals surface area contributed by atoms with Gasteiger partial charge in [-0.15, -0.1) is 0 Å². The summed E-state index contributed by atoms with van der Waals surface area (Å²) in [5.41, 5.74) is 1.65. The topological polar surface area (TPSA) is 35.5 Å². The molecule has 0 heterocycles. The van der Waals surface area contributed by atoms with E-state index in [1.807, 2.05) is 60.7 Å². The molecule has 0 N–H and O–H groups in total. The Morgan fingerprint density at radius 2 is 1.68 bits per heavy atom. The second kappa shape index (κ2) is 6.31. The molecule has 0 saturated heterocycles. The van der Waals surface area contributed by atoms with Gasteiger partial charge in [-0.2, -0.15) is 0 Å². The second-order valence-corrected chi connectivity index (χ2v) is 4.99. The van der Waals surface area contributed by atoms with Crippen molar-refractivity contribution < 1.29 is 14.3 Å². The number of rotatable bonds is 4. The zero-order valence-electron chi connectivity index (χ0n) is 12.3. The third kappa shape index (κ3) is 3.09. The normalized spacial score (nSPS) is 10.4. The van der Waals surface area contributed by atoms with Crippen molar-refractivity contribution in [2.75, 3.05) is 7.11 Å². The molecular formula is C19H16O3. The molecule has 0 aliphatic rings. The van der Waals surface area contributed by atoms with Crippen LogP contribution in [0.1, 0.15) is 15.9 Å². The van der Waals surface area contributed by atoms with Crippen molar-refractivity contribution in [3.05, 3.63) is 77.9 Å². The molecule has 3 rings (SSSR count). The monoisotopic (exact) mass is 292 g/mol. The van der Waals surface area contributed by atoms with Crippen LogP contribution in [0.2, 0.25) is 0 Å². The predicted octanol–water partition coefficient (Wildman–Crippen LogP) is 4.21. The Hall–Kier alpha value is -2.81. The number of methoxy groups -OCH3 is 1. The van der Waals surface area contributed by atoms with E-state index in [0.29, 0.717) is 12.2 Å². The van der Waals surface area contributed by atoms with Gasteiger partial charge in [0.15, 0.2) is 0 Å². The second-order valence-electron chi connectivity index (χ2n) is 4.99. The Labute approximate surface area is 129 Å². The number of benzene rings is 3. The van der Waals surface area contributed by atoms with Crippen LogP contribution in [0.5, 0.6) is 5.75 Å². The minimum atomic E-state index is -0.336. The lowest BCUT2D eigenvalue weighted by Gasteiger charge is -2.08. The average Bonchev–Trinajstić information content (AvgIpc) is 2.59. The third-order valence-electron chi connectivity index (χ3n) is 3.48. The van der Waals surface area contributed by atoms with Crippen LogP contribution in [0.3, 0.4) is 0 Å². The summed E-state index contributed by atoms with van der Waals surface area (Å²) < 4.78 is 10.6. The van der Waals surface area contributed by atoms with Crippen molar-refractivity contribution in [2.45, 2.75) is 6.61 Å². The average molecular weight is 292 g/mol. The van der Waals surface area contributed by atoms with Gasteiger partial charge in [0.25, 0.3) is 0 Å². The molecule has 0 aromatic heterocycles. The first kappa shape index (κ1) is 14.1. The highest BCUT2D eigenvalue weighted by molar-refractivity contribution is 5.95. The molecule has 0 atom stereocenters. The van der Waals surface area contributed by atoms with Gasteiger partial charge in [-0.25, -0.2) is 4.79 Å². The minimum absolute atomic E-state index is 0.336. The molecule has 0 aliphatic heterocycles. The highest BCUT2D eigenvalue weighted by Crippen LogP contribution is 2.23. The molecule has 110 valence electrons. The molecule has 0 amide bonds. The maximum Gasteiger partial charge on any atom is 0.337 e. The fourth-order valence-corrected chi connectivity index (χ4v) is 2.30. The molecule has 0 bridgehead atoms. The molecule has 3 heteroatoms. The van der Waals surface area contributed by atoms with Crippen LogP contribution in [-0.2, 0) is 11.3 Å². The van der Waals surface area contributed by atoms with Crippen LogP contribution >= 0.6 is 0 Å². The highest BCUT2D eigenvalue weighted by Gasteiger charge is 2.06. The van der Waals surface area contributed by atoms with Gasteiger partial charge < -0.3 is 9.47 Å². The Kier molecular flexibility index (Phi) is 4.05. The summed E-state index contributed by atoms with van der Waals surface area (Å²) in [6.45, 7) is 0.517. The van der Waals surface area contributed by atoms with Crippen LogP contribution in [0.4, 0.5) is 0 Å².